The summed E-state index contributed by atoms with van der Waals surface area (Å²) < 4.78 is 13.0. The zero-order valence-corrected chi connectivity index (χ0v) is 23.0. The standard InChI is InChI=1S/C27H23Br2N3O6/c28-18-14-21(25(34)22(29)15-18)26(38-27(35)31-19-12-10-17(16-30)11-13-19)23(8-4-5-9-24(33)32-36)37-20-6-2-1-3-7-20/h1-3,5-7,9-15,23,26,34,36H,4,8H2,(H,31,35)(H,32,33)/b9-5+/t23-,26-/m0/s1. The van der Waals surface area contributed by atoms with Crippen LogP contribution in [0.3, 0.4) is 0 Å². The molecular formula is C27H23Br2N3O6. The number of para-hydroxylation sites is 1. The molecule has 3 aromatic carbocycles. The van der Waals surface area contributed by atoms with Crippen LogP contribution in [0.1, 0.15) is 30.1 Å². The van der Waals surface area contributed by atoms with Gasteiger partial charge >= 0.3 is 6.09 Å². The molecule has 196 valence electrons. The van der Waals surface area contributed by atoms with Gasteiger partial charge in [0, 0.05) is 21.8 Å². The van der Waals surface area contributed by atoms with Crippen LogP contribution in [0.5, 0.6) is 11.5 Å². The van der Waals surface area contributed by atoms with Crippen LogP contribution in [-0.4, -0.2) is 28.4 Å². The molecule has 0 aromatic heterocycles. The number of aromatic hydroxyl groups is 1. The maximum atomic E-state index is 13.0. The maximum Gasteiger partial charge on any atom is 0.412 e. The molecule has 0 aliphatic heterocycles. The lowest BCUT2D eigenvalue weighted by atomic mass is 9.99. The van der Waals surface area contributed by atoms with Gasteiger partial charge in [0.25, 0.3) is 5.91 Å². The Balaban J connectivity index is 1.95. The van der Waals surface area contributed by atoms with E-state index in [1.54, 1.807) is 60.7 Å². The molecule has 3 rings (SSSR count). The SMILES string of the molecule is N#Cc1ccc(NC(=O)O[C@@H](c2cc(Br)cc(Br)c2O)[C@H](CC/C=C/C(=O)NO)Oc2ccccc2)cc1. The number of carbonyl (C=O) groups excluding carboxylic acids is 2. The number of allylic oxidation sites excluding steroid dienone is 1. The van der Waals surface area contributed by atoms with Crippen molar-refractivity contribution in [1.82, 2.24) is 5.48 Å². The third kappa shape index (κ3) is 8.34. The van der Waals surface area contributed by atoms with Gasteiger partial charge in [-0.25, -0.2) is 10.3 Å². The van der Waals surface area contributed by atoms with Crippen molar-refractivity contribution in [1.29, 1.82) is 5.26 Å². The third-order valence-corrected chi connectivity index (χ3v) is 6.29. The smallest absolute Gasteiger partial charge is 0.412 e. The predicted molar refractivity (Wildman–Crippen MR) is 147 cm³/mol. The number of hydrogen-bond donors (Lipinski definition) is 4. The summed E-state index contributed by atoms with van der Waals surface area (Å²) in [6.07, 6.45) is 0.575. The van der Waals surface area contributed by atoms with Crippen LogP contribution in [0.25, 0.3) is 0 Å². The number of hydrogen-bond acceptors (Lipinski definition) is 7. The van der Waals surface area contributed by atoms with Crippen molar-refractivity contribution in [2.24, 2.45) is 0 Å². The molecule has 0 spiro atoms. The highest BCUT2D eigenvalue weighted by Crippen LogP contribution is 2.40. The average Bonchev–Trinajstić information content (AvgIpc) is 2.92. The minimum absolute atomic E-state index is 0.138. The molecule has 0 radical (unpaired) electrons. The molecule has 2 amide bonds. The van der Waals surface area contributed by atoms with E-state index in [2.05, 4.69) is 37.2 Å². The number of halogens is 2. The van der Waals surface area contributed by atoms with Crippen LogP contribution in [-0.2, 0) is 9.53 Å². The van der Waals surface area contributed by atoms with Gasteiger partial charge in [-0.05, 0) is 77.3 Å². The zero-order chi connectivity index (χ0) is 27.5. The summed E-state index contributed by atoms with van der Waals surface area (Å²) in [5.74, 6) is -0.320. The van der Waals surface area contributed by atoms with Crippen molar-refractivity contribution < 1.29 is 29.4 Å². The second kappa shape index (κ2) is 14.2. The number of phenols is 1. The van der Waals surface area contributed by atoms with Crippen molar-refractivity contribution in [3.05, 3.63) is 99.0 Å². The van der Waals surface area contributed by atoms with Gasteiger partial charge in [0.15, 0.2) is 6.10 Å². The van der Waals surface area contributed by atoms with E-state index in [1.807, 2.05) is 12.1 Å². The zero-order valence-electron chi connectivity index (χ0n) is 19.8. The van der Waals surface area contributed by atoms with Gasteiger partial charge in [-0.2, -0.15) is 5.26 Å². The molecule has 0 saturated carbocycles. The molecule has 3 aromatic rings. The summed E-state index contributed by atoms with van der Waals surface area (Å²) in [5, 5.41) is 31.2. The summed E-state index contributed by atoms with van der Waals surface area (Å²) in [6.45, 7) is 0. The lowest BCUT2D eigenvalue weighted by molar-refractivity contribution is -0.124. The summed E-state index contributed by atoms with van der Waals surface area (Å²) >= 11 is 6.73. The number of nitriles is 1. The van der Waals surface area contributed by atoms with Crippen molar-refractivity contribution in [2.45, 2.75) is 25.0 Å². The van der Waals surface area contributed by atoms with E-state index in [-0.39, 0.29) is 17.7 Å². The minimum Gasteiger partial charge on any atom is -0.506 e. The lowest BCUT2D eigenvalue weighted by Crippen LogP contribution is -2.31. The van der Waals surface area contributed by atoms with Gasteiger partial charge in [-0.15, -0.1) is 0 Å². The Hall–Kier alpha value is -3.85. The molecule has 11 heteroatoms. The second-order valence-corrected chi connectivity index (χ2v) is 9.66. The molecule has 0 bridgehead atoms. The van der Waals surface area contributed by atoms with Crippen LogP contribution < -0.4 is 15.5 Å². The molecule has 0 heterocycles. The van der Waals surface area contributed by atoms with E-state index in [0.717, 1.165) is 0 Å². The number of ether oxygens (including phenoxy) is 2. The van der Waals surface area contributed by atoms with Gasteiger partial charge in [0.05, 0.1) is 16.1 Å². The number of carbonyl (C=O) groups is 2. The normalized spacial score (nSPS) is 12.3. The van der Waals surface area contributed by atoms with Gasteiger partial charge in [-0.1, -0.05) is 40.2 Å². The topological polar surface area (TPSA) is 141 Å². The number of amides is 2. The molecule has 4 N–H and O–H groups in total. The number of benzene rings is 3. The average molecular weight is 645 g/mol. The predicted octanol–water partition coefficient (Wildman–Crippen LogP) is 6.37. The van der Waals surface area contributed by atoms with Gasteiger partial charge in [0.2, 0.25) is 0 Å². The Morgan fingerprint density at radius 2 is 1.79 bits per heavy atom. The highest BCUT2D eigenvalue weighted by atomic mass is 79.9. The number of phenolic OH excluding ortho intramolecular Hbond substituents is 1. The van der Waals surface area contributed by atoms with Gasteiger partial charge in [-0.3, -0.25) is 15.3 Å². The molecule has 0 saturated heterocycles. The van der Waals surface area contributed by atoms with E-state index in [9.17, 15) is 14.7 Å². The van der Waals surface area contributed by atoms with E-state index in [0.29, 0.717) is 32.4 Å². The first-order chi connectivity index (χ1) is 18.3. The summed E-state index contributed by atoms with van der Waals surface area (Å²) in [6, 6.07) is 20.4. The fourth-order valence-corrected chi connectivity index (χ4v) is 4.73. The first kappa shape index (κ1) is 28.7. The molecule has 2 atom stereocenters. The van der Waals surface area contributed by atoms with Crippen LogP contribution in [0.2, 0.25) is 0 Å². The highest BCUT2D eigenvalue weighted by molar-refractivity contribution is 9.11. The van der Waals surface area contributed by atoms with E-state index in [4.69, 9.17) is 19.9 Å². The van der Waals surface area contributed by atoms with E-state index < -0.39 is 24.2 Å². The fourth-order valence-electron chi connectivity index (χ4n) is 3.47. The number of anilines is 1. The number of nitrogens with zero attached hydrogens (tertiary/aromatic N) is 1. The minimum atomic E-state index is -1.09. The van der Waals surface area contributed by atoms with Crippen LogP contribution in [0.4, 0.5) is 10.5 Å². The van der Waals surface area contributed by atoms with E-state index in [1.165, 1.54) is 17.6 Å². The van der Waals surface area contributed by atoms with Crippen LogP contribution >= 0.6 is 31.9 Å². The summed E-state index contributed by atoms with van der Waals surface area (Å²) in [5.41, 5.74) is 2.64. The first-order valence-electron chi connectivity index (χ1n) is 11.3. The molecule has 0 unspecified atom stereocenters. The third-order valence-electron chi connectivity index (χ3n) is 5.22. The Morgan fingerprint density at radius 1 is 1.08 bits per heavy atom. The fraction of sp³-hybridized carbons (Fsp3) is 0.148. The largest absolute Gasteiger partial charge is 0.506 e. The molecule has 9 nitrogen and oxygen atoms in total. The molecular weight excluding hydrogens is 622 g/mol. The molecule has 0 aliphatic carbocycles. The number of hydroxylamine groups is 1. The monoisotopic (exact) mass is 643 g/mol. The number of nitrogens with one attached hydrogen (secondary N) is 2. The summed E-state index contributed by atoms with van der Waals surface area (Å²) in [7, 11) is 0. The lowest BCUT2D eigenvalue weighted by Gasteiger charge is -2.29. The molecule has 0 fully saturated rings. The quantitative estimate of drug-likeness (QED) is 0.114. The van der Waals surface area contributed by atoms with Crippen LogP contribution in [0, 0.1) is 11.3 Å². The Kier molecular flexibility index (Phi) is 10.7. The van der Waals surface area contributed by atoms with Crippen molar-refractivity contribution in [2.75, 3.05) is 5.32 Å². The van der Waals surface area contributed by atoms with Gasteiger partial charge in [0.1, 0.15) is 17.6 Å². The van der Waals surface area contributed by atoms with Crippen molar-refractivity contribution in [3.63, 3.8) is 0 Å². The second-order valence-electron chi connectivity index (χ2n) is 7.89. The Bertz CT molecular complexity index is 1330. The van der Waals surface area contributed by atoms with Crippen LogP contribution in [0.15, 0.2) is 87.8 Å². The first-order valence-corrected chi connectivity index (χ1v) is 12.9. The van der Waals surface area contributed by atoms with Crippen molar-refractivity contribution in [3.8, 4) is 17.6 Å². The molecule has 38 heavy (non-hydrogen) atoms. The number of rotatable bonds is 10. The highest BCUT2D eigenvalue weighted by Gasteiger charge is 2.32. The van der Waals surface area contributed by atoms with Crippen molar-refractivity contribution >= 4 is 49.5 Å². The maximum absolute atomic E-state index is 13.0. The van der Waals surface area contributed by atoms with E-state index >= 15 is 0 Å². The molecule has 0 aliphatic rings. The van der Waals surface area contributed by atoms with Gasteiger partial charge < -0.3 is 14.6 Å². The summed E-state index contributed by atoms with van der Waals surface area (Å²) in [4.78, 5) is 24.4. The Morgan fingerprint density at radius 3 is 2.45 bits per heavy atom. The Labute approximate surface area is 235 Å².